The standard InChI is InChI=1S/C17H21N3O/c1-4-20(12-15-7-5-6-10-19-15)17(21)14-8-9-16(18-3)13(2)11-14/h5-11,18H,4,12H2,1-3H3. The van der Waals surface area contributed by atoms with Gasteiger partial charge in [-0.25, -0.2) is 0 Å². The first kappa shape index (κ1) is 15.0. The third-order valence-electron chi connectivity index (χ3n) is 3.49. The molecule has 0 atom stereocenters. The molecule has 1 amide bonds. The lowest BCUT2D eigenvalue weighted by molar-refractivity contribution is 0.0750. The fraction of sp³-hybridized carbons (Fsp3) is 0.294. The molecule has 0 spiro atoms. The van der Waals surface area contributed by atoms with Gasteiger partial charge in [0, 0.05) is 31.0 Å². The van der Waals surface area contributed by atoms with Crippen LogP contribution in [0.3, 0.4) is 0 Å². The molecule has 0 saturated carbocycles. The number of carbonyl (C=O) groups excluding carboxylic acids is 1. The topological polar surface area (TPSA) is 45.2 Å². The van der Waals surface area contributed by atoms with Gasteiger partial charge in [-0.2, -0.15) is 0 Å². The van der Waals surface area contributed by atoms with Gasteiger partial charge >= 0.3 is 0 Å². The molecule has 21 heavy (non-hydrogen) atoms. The van der Waals surface area contributed by atoms with Crippen LogP contribution in [0.15, 0.2) is 42.6 Å². The second kappa shape index (κ2) is 6.88. The highest BCUT2D eigenvalue weighted by Crippen LogP contribution is 2.17. The Hall–Kier alpha value is -2.36. The van der Waals surface area contributed by atoms with Gasteiger partial charge in [-0.05, 0) is 49.7 Å². The number of aromatic nitrogens is 1. The molecule has 1 N–H and O–H groups in total. The van der Waals surface area contributed by atoms with Crippen molar-refractivity contribution < 1.29 is 4.79 Å². The van der Waals surface area contributed by atoms with Crippen LogP contribution >= 0.6 is 0 Å². The molecule has 2 rings (SSSR count). The van der Waals surface area contributed by atoms with Crippen molar-refractivity contribution in [3.8, 4) is 0 Å². The Morgan fingerprint density at radius 1 is 1.29 bits per heavy atom. The zero-order valence-corrected chi connectivity index (χ0v) is 12.8. The first-order valence-corrected chi connectivity index (χ1v) is 7.13. The van der Waals surface area contributed by atoms with Crippen LogP contribution in [0.4, 0.5) is 5.69 Å². The van der Waals surface area contributed by atoms with E-state index in [0.29, 0.717) is 18.7 Å². The number of nitrogens with one attached hydrogen (secondary N) is 1. The predicted octanol–water partition coefficient (Wildman–Crippen LogP) is 3.09. The molecule has 0 unspecified atom stereocenters. The molecule has 0 aliphatic rings. The van der Waals surface area contributed by atoms with Crippen LogP contribution in [0.2, 0.25) is 0 Å². The Morgan fingerprint density at radius 3 is 2.67 bits per heavy atom. The number of benzene rings is 1. The van der Waals surface area contributed by atoms with E-state index in [2.05, 4.69) is 10.3 Å². The van der Waals surface area contributed by atoms with Gasteiger partial charge in [0.2, 0.25) is 0 Å². The first-order valence-electron chi connectivity index (χ1n) is 7.13. The van der Waals surface area contributed by atoms with Crippen molar-refractivity contribution >= 4 is 11.6 Å². The van der Waals surface area contributed by atoms with E-state index in [0.717, 1.165) is 16.9 Å². The van der Waals surface area contributed by atoms with E-state index >= 15 is 0 Å². The summed E-state index contributed by atoms with van der Waals surface area (Å²) in [4.78, 5) is 18.7. The minimum absolute atomic E-state index is 0.0360. The molecule has 1 aromatic carbocycles. The Kier molecular flexibility index (Phi) is 4.93. The van der Waals surface area contributed by atoms with Gasteiger partial charge in [-0.1, -0.05) is 6.07 Å². The largest absolute Gasteiger partial charge is 0.388 e. The third kappa shape index (κ3) is 3.60. The average Bonchev–Trinajstić information content (AvgIpc) is 2.53. The summed E-state index contributed by atoms with van der Waals surface area (Å²) in [5.74, 6) is 0.0360. The maximum Gasteiger partial charge on any atom is 0.254 e. The lowest BCUT2D eigenvalue weighted by atomic mass is 10.1. The van der Waals surface area contributed by atoms with E-state index in [1.165, 1.54) is 0 Å². The van der Waals surface area contributed by atoms with Crippen LogP contribution < -0.4 is 5.32 Å². The summed E-state index contributed by atoms with van der Waals surface area (Å²) in [5.41, 5.74) is 3.72. The van der Waals surface area contributed by atoms with Crippen LogP contribution in [-0.4, -0.2) is 29.4 Å². The van der Waals surface area contributed by atoms with E-state index in [-0.39, 0.29) is 5.91 Å². The lowest BCUT2D eigenvalue weighted by Crippen LogP contribution is -2.30. The number of rotatable bonds is 5. The van der Waals surface area contributed by atoms with E-state index in [1.807, 2.05) is 57.3 Å². The van der Waals surface area contributed by atoms with Crippen molar-refractivity contribution in [2.24, 2.45) is 0 Å². The van der Waals surface area contributed by atoms with Crippen molar-refractivity contribution in [3.05, 3.63) is 59.4 Å². The summed E-state index contributed by atoms with van der Waals surface area (Å²) >= 11 is 0. The number of hydrogen-bond donors (Lipinski definition) is 1. The highest BCUT2D eigenvalue weighted by Gasteiger charge is 2.15. The average molecular weight is 283 g/mol. The van der Waals surface area contributed by atoms with Gasteiger partial charge in [-0.15, -0.1) is 0 Å². The molecule has 110 valence electrons. The van der Waals surface area contributed by atoms with Gasteiger partial charge in [0.05, 0.1) is 12.2 Å². The third-order valence-corrected chi connectivity index (χ3v) is 3.49. The van der Waals surface area contributed by atoms with Crippen LogP contribution in [-0.2, 0) is 6.54 Å². The molecule has 0 fully saturated rings. The smallest absolute Gasteiger partial charge is 0.254 e. The number of nitrogens with zero attached hydrogens (tertiary/aromatic N) is 2. The molecule has 1 heterocycles. The second-order valence-corrected chi connectivity index (χ2v) is 4.92. The highest BCUT2D eigenvalue weighted by atomic mass is 16.2. The molecule has 0 radical (unpaired) electrons. The van der Waals surface area contributed by atoms with Crippen molar-refractivity contribution in [2.75, 3.05) is 18.9 Å². The minimum atomic E-state index is 0.0360. The van der Waals surface area contributed by atoms with Crippen molar-refractivity contribution in [1.29, 1.82) is 0 Å². The van der Waals surface area contributed by atoms with Crippen molar-refractivity contribution in [3.63, 3.8) is 0 Å². The fourth-order valence-corrected chi connectivity index (χ4v) is 2.27. The van der Waals surface area contributed by atoms with Gasteiger partial charge in [0.15, 0.2) is 0 Å². The number of aryl methyl sites for hydroxylation is 1. The monoisotopic (exact) mass is 283 g/mol. The summed E-state index contributed by atoms with van der Waals surface area (Å²) in [6, 6.07) is 11.5. The van der Waals surface area contributed by atoms with E-state index < -0.39 is 0 Å². The maximum absolute atomic E-state index is 12.6. The molecule has 1 aromatic heterocycles. The summed E-state index contributed by atoms with van der Waals surface area (Å²) in [6.07, 6.45) is 1.75. The molecule has 4 heteroatoms. The van der Waals surface area contributed by atoms with Crippen molar-refractivity contribution in [1.82, 2.24) is 9.88 Å². The van der Waals surface area contributed by atoms with Crippen LogP contribution in [0.5, 0.6) is 0 Å². The SMILES string of the molecule is CCN(Cc1ccccn1)C(=O)c1ccc(NC)c(C)c1. The molecule has 2 aromatic rings. The van der Waals surface area contributed by atoms with Gasteiger partial charge in [-0.3, -0.25) is 9.78 Å². The maximum atomic E-state index is 12.6. The minimum Gasteiger partial charge on any atom is -0.388 e. The zero-order chi connectivity index (χ0) is 15.2. The normalized spacial score (nSPS) is 10.2. The molecule has 4 nitrogen and oxygen atoms in total. The summed E-state index contributed by atoms with van der Waals surface area (Å²) < 4.78 is 0. The van der Waals surface area contributed by atoms with Gasteiger partial charge in [0.1, 0.15) is 0 Å². The van der Waals surface area contributed by atoms with E-state index in [1.54, 1.807) is 11.1 Å². The summed E-state index contributed by atoms with van der Waals surface area (Å²) in [5, 5.41) is 3.11. The lowest BCUT2D eigenvalue weighted by Gasteiger charge is -2.21. The Balaban J connectivity index is 2.18. The Morgan fingerprint density at radius 2 is 2.10 bits per heavy atom. The quantitative estimate of drug-likeness (QED) is 0.917. The van der Waals surface area contributed by atoms with Crippen LogP contribution in [0.25, 0.3) is 0 Å². The number of carbonyl (C=O) groups is 1. The van der Waals surface area contributed by atoms with Gasteiger partial charge < -0.3 is 10.2 Å². The molecular formula is C17H21N3O. The second-order valence-electron chi connectivity index (χ2n) is 4.92. The molecule has 0 aliphatic carbocycles. The van der Waals surface area contributed by atoms with Crippen LogP contribution in [0, 0.1) is 6.92 Å². The molecule has 0 saturated heterocycles. The number of hydrogen-bond acceptors (Lipinski definition) is 3. The Bertz CT molecular complexity index is 611. The molecule has 0 bridgehead atoms. The number of pyridine rings is 1. The zero-order valence-electron chi connectivity index (χ0n) is 12.8. The fourth-order valence-electron chi connectivity index (χ4n) is 2.27. The van der Waals surface area contributed by atoms with Gasteiger partial charge in [0.25, 0.3) is 5.91 Å². The summed E-state index contributed by atoms with van der Waals surface area (Å²) in [6.45, 7) is 5.17. The predicted molar refractivity (Wildman–Crippen MR) is 85.4 cm³/mol. The Labute approximate surface area is 125 Å². The molecular weight excluding hydrogens is 262 g/mol. The number of anilines is 1. The van der Waals surface area contributed by atoms with E-state index in [4.69, 9.17) is 0 Å². The molecule has 0 aliphatic heterocycles. The highest BCUT2D eigenvalue weighted by molar-refractivity contribution is 5.94. The van der Waals surface area contributed by atoms with E-state index in [9.17, 15) is 4.79 Å². The summed E-state index contributed by atoms with van der Waals surface area (Å²) in [7, 11) is 1.88. The first-order chi connectivity index (χ1) is 10.2. The van der Waals surface area contributed by atoms with Crippen molar-refractivity contribution in [2.45, 2.75) is 20.4 Å². The number of amides is 1. The van der Waals surface area contributed by atoms with Crippen LogP contribution in [0.1, 0.15) is 28.5 Å².